The van der Waals surface area contributed by atoms with Crippen LogP contribution in [0.15, 0.2) is 72.9 Å². The first-order chi connectivity index (χ1) is 30.6. The van der Waals surface area contributed by atoms with Gasteiger partial charge >= 0.3 is 11.9 Å². The quantitative estimate of drug-likeness (QED) is 0.174. The first-order valence-corrected chi connectivity index (χ1v) is 22.4. The summed E-state index contributed by atoms with van der Waals surface area (Å²) in [7, 11) is 0. The Morgan fingerprint density at radius 1 is 0.615 bits per heavy atom. The number of carbonyl (C=O) groups is 3. The Morgan fingerprint density at radius 2 is 1.18 bits per heavy atom. The Labute approximate surface area is 381 Å². The third-order valence-corrected chi connectivity index (χ3v) is 11.7. The van der Waals surface area contributed by atoms with Gasteiger partial charge in [-0.25, -0.2) is 0 Å². The van der Waals surface area contributed by atoms with Crippen molar-refractivity contribution in [1.29, 1.82) is 0 Å². The molecule has 0 amide bonds. The highest BCUT2D eigenvalue weighted by Gasteiger charge is 2.43. The van der Waals surface area contributed by atoms with Crippen molar-refractivity contribution < 1.29 is 84.8 Å². The Hall–Kier alpha value is -3.47. The van der Waals surface area contributed by atoms with Crippen LogP contribution in [-0.2, 0) is 28.6 Å². The van der Waals surface area contributed by atoms with E-state index in [9.17, 15) is 70.6 Å². The number of esters is 1. The molecule has 2 rings (SSSR count). The number of Topliss-reactive ketones (excluding diaryl/α,β-unsaturated/α-hetero) is 1. The van der Waals surface area contributed by atoms with Gasteiger partial charge in [0.15, 0.2) is 6.29 Å². The van der Waals surface area contributed by atoms with Crippen LogP contribution in [0.2, 0.25) is 0 Å². The zero-order valence-corrected chi connectivity index (χ0v) is 37.8. The van der Waals surface area contributed by atoms with E-state index in [4.69, 9.17) is 19.9 Å². The van der Waals surface area contributed by atoms with Crippen LogP contribution in [-0.4, -0.2) is 166 Å². The molecule has 0 aromatic carbocycles. The highest BCUT2D eigenvalue weighted by molar-refractivity contribution is 5.81. The fourth-order valence-electron chi connectivity index (χ4n) is 7.45. The summed E-state index contributed by atoms with van der Waals surface area (Å²) in [6.07, 6.45) is 0.848. The predicted octanol–water partition coefficient (Wildman–Crippen LogP) is 0.778. The summed E-state index contributed by atoms with van der Waals surface area (Å²) in [5.41, 5.74) is 5.96. The molecule has 0 spiro atoms. The molecule has 0 aromatic rings. The van der Waals surface area contributed by atoms with Crippen LogP contribution in [0, 0.1) is 17.8 Å². The third kappa shape index (κ3) is 21.4. The van der Waals surface area contributed by atoms with Gasteiger partial charge in [-0.2, -0.15) is 0 Å². The second-order valence-electron chi connectivity index (χ2n) is 17.4. The van der Waals surface area contributed by atoms with Gasteiger partial charge in [-0.05, 0) is 52.4 Å². The second kappa shape index (κ2) is 30.0. The minimum Gasteiger partial charge on any atom is -0.481 e. The molecule has 18 atom stereocenters. The van der Waals surface area contributed by atoms with Gasteiger partial charge in [-0.15, -0.1) is 0 Å². The molecule has 16 unspecified atom stereocenters. The summed E-state index contributed by atoms with van der Waals surface area (Å²) in [4.78, 5) is 37.8. The maximum absolute atomic E-state index is 12.9. The molecule has 65 heavy (non-hydrogen) atoms. The Kier molecular flexibility index (Phi) is 26.6. The lowest BCUT2D eigenvalue weighted by molar-refractivity contribution is -0.277. The molecule has 0 saturated carbocycles. The van der Waals surface area contributed by atoms with Crippen LogP contribution >= 0.6 is 0 Å². The third-order valence-electron chi connectivity index (χ3n) is 11.7. The average Bonchev–Trinajstić information content (AvgIpc) is 3.22. The van der Waals surface area contributed by atoms with E-state index in [1.165, 1.54) is 13.0 Å². The van der Waals surface area contributed by atoms with Crippen LogP contribution < -0.4 is 5.73 Å². The number of rotatable bonds is 3. The van der Waals surface area contributed by atoms with E-state index in [1.807, 2.05) is 43.4 Å². The molecule has 0 bridgehead atoms. The SMILES string of the molecule is CC1/C=C/C=C/CC/C=C/C=C/C=C/C=C/C(O[C@@H]2O[C@@H](C)C(O)C(N)C2O)CC(O)C(C(=O)O)C(O)CC(=O)CC(O)C(O)CCC(O)CC(O)CC(O)CC(=O)OC(C)C(C)C1O. The summed E-state index contributed by atoms with van der Waals surface area (Å²) < 4.78 is 17.0. The number of allylic oxidation sites excluding steroid dienone is 10. The summed E-state index contributed by atoms with van der Waals surface area (Å²) >= 11 is 0. The Morgan fingerprint density at radius 3 is 1.83 bits per heavy atom. The van der Waals surface area contributed by atoms with Gasteiger partial charge in [-0.1, -0.05) is 86.8 Å². The van der Waals surface area contributed by atoms with E-state index >= 15 is 0 Å². The van der Waals surface area contributed by atoms with Crippen LogP contribution in [0.5, 0.6) is 0 Å². The minimum absolute atomic E-state index is 0.144. The molecular weight excluding hydrogens is 851 g/mol. The molecule has 0 radical (unpaired) electrons. The molecule has 18 heteroatoms. The molecule has 18 nitrogen and oxygen atoms in total. The van der Waals surface area contributed by atoms with Gasteiger partial charge in [-0.3, -0.25) is 14.4 Å². The summed E-state index contributed by atoms with van der Waals surface area (Å²) in [6, 6.07) is -1.15. The largest absolute Gasteiger partial charge is 0.481 e. The maximum atomic E-state index is 12.9. The second-order valence-corrected chi connectivity index (χ2v) is 17.4. The fourth-order valence-corrected chi connectivity index (χ4v) is 7.45. The number of nitrogens with two attached hydrogens (primary N) is 1. The number of hydrogen-bond acceptors (Lipinski definition) is 17. The fraction of sp³-hybridized carbons (Fsp3) is 0.681. The molecule has 2 aliphatic heterocycles. The van der Waals surface area contributed by atoms with Crippen molar-refractivity contribution in [2.45, 2.75) is 184 Å². The van der Waals surface area contributed by atoms with Crippen LogP contribution in [0.1, 0.15) is 91.9 Å². The molecule has 0 aliphatic carbocycles. The van der Waals surface area contributed by atoms with Crippen molar-refractivity contribution in [3.05, 3.63) is 72.9 Å². The van der Waals surface area contributed by atoms with Crippen LogP contribution in [0.3, 0.4) is 0 Å². The van der Waals surface area contributed by atoms with Crippen LogP contribution in [0.25, 0.3) is 0 Å². The van der Waals surface area contributed by atoms with Crippen molar-refractivity contribution in [3.63, 3.8) is 0 Å². The average molecular weight is 926 g/mol. The van der Waals surface area contributed by atoms with E-state index in [0.29, 0.717) is 0 Å². The Balaban J connectivity index is 2.26. The van der Waals surface area contributed by atoms with E-state index < -0.39 is 147 Å². The van der Waals surface area contributed by atoms with Gasteiger partial charge in [0.2, 0.25) is 0 Å². The standard InChI is InChI=1S/C47H75NO17/c1-27-17-15-13-11-9-7-5-6-8-10-12-14-16-18-35(65-47-45(60)42(48)44(59)30(4)64-47)26-39(56)41(46(61)62)38(55)24-34(52)23-37(54)36(53)20-19-31(49)21-32(50)22-33(51)25-40(57)63-29(3)28(2)43(27)58/h5-6,8,10-18,27-33,35-39,41-45,47,49-51,53-56,58-60H,7,9,19-26,48H2,1-4H3,(H,61,62)/b6-5+,10-8+,13-11+,14-12+,17-15+,18-16+/t27?,28?,29?,30-,31?,32?,33?,35?,36?,37?,38?,39?,41?,42?,43?,44?,45?,47-/m0/s1. The van der Waals surface area contributed by atoms with E-state index in [0.717, 1.165) is 12.8 Å². The first-order valence-electron chi connectivity index (χ1n) is 22.4. The van der Waals surface area contributed by atoms with Crippen molar-refractivity contribution in [2.75, 3.05) is 0 Å². The number of hydrogen-bond donors (Lipinski definition) is 12. The predicted molar refractivity (Wildman–Crippen MR) is 238 cm³/mol. The van der Waals surface area contributed by atoms with Crippen molar-refractivity contribution in [3.8, 4) is 0 Å². The number of ketones is 1. The molecule has 1 saturated heterocycles. The number of aliphatic hydroxyl groups is 10. The monoisotopic (exact) mass is 926 g/mol. The molecule has 1 fully saturated rings. The number of carboxylic acid groups (broad SMARTS) is 1. The van der Waals surface area contributed by atoms with Gasteiger partial charge < -0.3 is 76.1 Å². The van der Waals surface area contributed by atoms with Gasteiger partial charge in [0.05, 0.1) is 79.6 Å². The lowest BCUT2D eigenvalue weighted by Crippen LogP contribution is -2.61. The lowest BCUT2D eigenvalue weighted by Gasteiger charge is -2.41. The normalized spacial score (nSPS) is 42.5. The van der Waals surface area contributed by atoms with Crippen molar-refractivity contribution >= 4 is 17.7 Å². The Bertz CT molecular complexity index is 1600. The number of carbonyl (C=O) groups excluding carboxylic acids is 2. The van der Waals surface area contributed by atoms with E-state index in [-0.39, 0.29) is 31.6 Å². The summed E-state index contributed by atoms with van der Waals surface area (Å²) in [6.45, 7) is 6.73. The number of carboxylic acids is 1. The molecule has 2 aliphatic rings. The molecule has 370 valence electrons. The smallest absolute Gasteiger partial charge is 0.311 e. The van der Waals surface area contributed by atoms with Crippen LogP contribution in [0.4, 0.5) is 0 Å². The number of cyclic esters (lactones) is 1. The first kappa shape index (κ1) is 57.7. The molecular formula is C47H75NO17. The van der Waals surface area contributed by atoms with Gasteiger partial charge in [0, 0.05) is 31.1 Å². The van der Waals surface area contributed by atoms with Crippen molar-refractivity contribution in [2.24, 2.45) is 23.5 Å². The zero-order valence-electron chi connectivity index (χ0n) is 37.8. The molecule has 2 heterocycles. The van der Waals surface area contributed by atoms with E-state index in [2.05, 4.69) is 0 Å². The topological polar surface area (TPSA) is 327 Å². The molecule has 0 aromatic heterocycles. The lowest BCUT2D eigenvalue weighted by atomic mass is 9.88. The minimum atomic E-state index is -1.95. The van der Waals surface area contributed by atoms with Gasteiger partial charge in [0.25, 0.3) is 0 Å². The van der Waals surface area contributed by atoms with E-state index in [1.54, 1.807) is 44.2 Å². The summed E-state index contributed by atoms with van der Waals surface area (Å²) in [5, 5.41) is 116. The zero-order chi connectivity index (χ0) is 48.8. The molecule has 13 N–H and O–H groups in total. The highest BCUT2D eigenvalue weighted by Crippen LogP contribution is 2.26. The highest BCUT2D eigenvalue weighted by atomic mass is 16.7. The summed E-state index contributed by atoms with van der Waals surface area (Å²) in [5.74, 6) is -5.88. The van der Waals surface area contributed by atoms with Gasteiger partial charge in [0.1, 0.15) is 23.9 Å². The maximum Gasteiger partial charge on any atom is 0.311 e. The number of aliphatic carboxylic acids is 1. The number of ether oxygens (including phenoxy) is 3. The number of aliphatic hydroxyl groups excluding tert-OH is 10. The van der Waals surface area contributed by atoms with Crippen molar-refractivity contribution in [1.82, 2.24) is 0 Å².